The van der Waals surface area contributed by atoms with Gasteiger partial charge in [0.05, 0.1) is 16.8 Å². The van der Waals surface area contributed by atoms with Gasteiger partial charge in [0.1, 0.15) is 6.07 Å². The molecule has 24 heavy (non-hydrogen) atoms. The summed E-state index contributed by atoms with van der Waals surface area (Å²) in [5.41, 5.74) is 3.94. The third-order valence-corrected chi connectivity index (χ3v) is 4.03. The van der Waals surface area contributed by atoms with Gasteiger partial charge in [-0.05, 0) is 36.4 Å². The molecule has 0 radical (unpaired) electrons. The predicted octanol–water partition coefficient (Wildman–Crippen LogP) is 5.21. The standard InChI is InChI=1S/C19H15BrN4/c1-2-8-22-15-6-7-18-17(10-15)19(13(11-21)12-23-18)24-16-5-3-4-14(20)9-16/h2-7,9-10,12,22H,1,8H2,(H,23,24). The molecular formula is C19H15BrN4. The summed E-state index contributed by atoms with van der Waals surface area (Å²) in [4.78, 5) is 4.37. The Labute approximate surface area is 149 Å². The predicted molar refractivity (Wildman–Crippen MR) is 103 cm³/mol. The molecule has 3 rings (SSSR count). The largest absolute Gasteiger partial charge is 0.382 e. The maximum atomic E-state index is 9.45. The maximum Gasteiger partial charge on any atom is 0.103 e. The van der Waals surface area contributed by atoms with Crippen molar-refractivity contribution in [3.63, 3.8) is 0 Å². The van der Waals surface area contributed by atoms with E-state index in [1.54, 1.807) is 12.3 Å². The number of nitriles is 1. The number of aromatic nitrogens is 1. The van der Waals surface area contributed by atoms with Gasteiger partial charge in [-0.3, -0.25) is 4.98 Å². The number of hydrogen-bond donors (Lipinski definition) is 2. The molecule has 2 aromatic carbocycles. The fraction of sp³-hybridized carbons (Fsp3) is 0.0526. The van der Waals surface area contributed by atoms with Crippen LogP contribution in [-0.4, -0.2) is 11.5 Å². The Morgan fingerprint density at radius 3 is 2.83 bits per heavy atom. The lowest BCUT2D eigenvalue weighted by atomic mass is 10.1. The van der Waals surface area contributed by atoms with E-state index < -0.39 is 0 Å². The number of pyridine rings is 1. The second-order valence-electron chi connectivity index (χ2n) is 5.20. The molecule has 0 amide bonds. The van der Waals surface area contributed by atoms with E-state index in [2.05, 4.69) is 44.2 Å². The van der Waals surface area contributed by atoms with Gasteiger partial charge in [0, 0.05) is 34.0 Å². The molecule has 0 unspecified atom stereocenters. The van der Waals surface area contributed by atoms with E-state index in [1.165, 1.54) is 0 Å². The monoisotopic (exact) mass is 378 g/mol. The van der Waals surface area contributed by atoms with E-state index >= 15 is 0 Å². The van der Waals surface area contributed by atoms with E-state index in [9.17, 15) is 5.26 Å². The quantitative estimate of drug-likeness (QED) is 0.598. The minimum absolute atomic E-state index is 0.503. The van der Waals surface area contributed by atoms with E-state index in [4.69, 9.17) is 0 Å². The van der Waals surface area contributed by atoms with Crippen LogP contribution in [0, 0.1) is 11.3 Å². The Hall–Kier alpha value is -2.84. The molecular weight excluding hydrogens is 364 g/mol. The minimum atomic E-state index is 0.503. The summed E-state index contributed by atoms with van der Waals surface area (Å²) in [5, 5.41) is 17.0. The zero-order valence-electron chi connectivity index (χ0n) is 12.9. The summed E-state index contributed by atoms with van der Waals surface area (Å²) in [7, 11) is 0. The van der Waals surface area contributed by atoms with Gasteiger partial charge in [-0.2, -0.15) is 5.26 Å². The molecule has 0 spiro atoms. The summed E-state index contributed by atoms with van der Waals surface area (Å²) in [6.45, 7) is 4.38. The smallest absolute Gasteiger partial charge is 0.103 e. The van der Waals surface area contributed by atoms with Crippen LogP contribution in [0.5, 0.6) is 0 Å². The molecule has 0 aliphatic rings. The van der Waals surface area contributed by atoms with Crippen LogP contribution in [0.1, 0.15) is 5.56 Å². The van der Waals surface area contributed by atoms with Gasteiger partial charge in [0.15, 0.2) is 0 Å². The number of halogens is 1. The van der Waals surface area contributed by atoms with E-state index in [-0.39, 0.29) is 0 Å². The second-order valence-corrected chi connectivity index (χ2v) is 6.11. The van der Waals surface area contributed by atoms with Gasteiger partial charge in [0.25, 0.3) is 0 Å². The molecule has 0 bridgehead atoms. The Balaban J connectivity index is 2.11. The van der Waals surface area contributed by atoms with Crippen molar-refractivity contribution in [2.75, 3.05) is 17.2 Å². The zero-order chi connectivity index (χ0) is 16.9. The summed E-state index contributed by atoms with van der Waals surface area (Å²) in [5.74, 6) is 0. The molecule has 0 fully saturated rings. The zero-order valence-corrected chi connectivity index (χ0v) is 14.5. The van der Waals surface area contributed by atoms with Crippen molar-refractivity contribution in [2.45, 2.75) is 0 Å². The molecule has 0 saturated heterocycles. The number of anilines is 3. The third-order valence-electron chi connectivity index (χ3n) is 3.53. The van der Waals surface area contributed by atoms with Crippen LogP contribution >= 0.6 is 15.9 Å². The molecule has 118 valence electrons. The highest BCUT2D eigenvalue weighted by atomic mass is 79.9. The SMILES string of the molecule is C=CCNc1ccc2ncc(C#N)c(Nc3cccc(Br)c3)c2c1. The van der Waals surface area contributed by atoms with Crippen molar-refractivity contribution < 1.29 is 0 Å². The first-order chi connectivity index (χ1) is 11.7. The van der Waals surface area contributed by atoms with E-state index in [1.807, 2.05) is 42.5 Å². The van der Waals surface area contributed by atoms with Crippen LogP contribution in [-0.2, 0) is 0 Å². The van der Waals surface area contributed by atoms with Gasteiger partial charge in [-0.15, -0.1) is 6.58 Å². The summed E-state index contributed by atoms with van der Waals surface area (Å²) in [6, 6.07) is 15.9. The molecule has 3 aromatic rings. The highest BCUT2D eigenvalue weighted by Gasteiger charge is 2.10. The maximum absolute atomic E-state index is 9.45. The highest BCUT2D eigenvalue weighted by Crippen LogP contribution is 2.31. The van der Waals surface area contributed by atoms with Gasteiger partial charge in [0.2, 0.25) is 0 Å². The van der Waals surface area contributed by atoms with Crippen molar-refractivity contribution in [1.82, 2.24) is 4.98 Å². The lowest BCUT2D eigenvalue weighted by molar-refractivity contribution is 1.33. The molecule has 0 aliphatic carbocycles. The lowest BCUT2D eigenvalue weighted by Crippen LogP contribution is -2.00. The molecule has 2 N–H and O–H groups in total. The van der Waals surface area contributed by atoms with Crippen LogP contribution in [0.15, 0.2) is 65.8 Å². The summed E-state index contributed by atoms with van der Waals surface area (Å²) >= 11 is 3.46. The van der Waals surface area contributed by atoms with Crippen LogP contribution < -0.4 is 10.6 Å². The Morgan fingerprint density at radius 2 is 2.08 bits per heavy atom. The first kappa shape index (κ1) is 16.0. The van der Waals surface area contributed by atoms with Crippen molar-refractivity contribution in [2.24, 2.45) is 0 Å². The first-order valence-electron chi connectivity index (χ1n) is 7.41. The number of nitrogens with one attached hydrogen (secondary N) is 2. The lowest BCUT2D eigenvalue weighted by Gasteiger charge is -2.13. The van der Waals surface area contributed by atoms with Crippen LogP contribution in [0.2, 0.25) is 0 Å². The summed E-state index contributed by atoms with van der Waals surface area (Å²) in [6.07, 6.45) is 3.40. The average Bonchev–Trinajstić information content (AvgIpc) is 2.60. The number of benzene rings is 2. The number of fused-ring (bicyclic) bond motifs is 1. The molecule has 1 heterocycles. The summed E-state index contributed by atoms with van der Waals surface area (Å²) < 4.78 is 0.970. The van der Waals surface area contributed by atoms with Gasteiger partial charge in [-0.1, -0.05) is 28.1 Å². The van der Waals surface area contributed by atoms with Crippen LogP contribution in [0.4, 0.5) is 17.1 Å². The third kappa shape index (κ3) is 3.39. The molecule has 0 atom stereocenters. The van der Waals surface area contributed by atoms with Crippen LogP contribution in [0.25, 0.3) is 10.9 Å². The Morgan fingerprint density at radius 1 is 1.21 bits per heavy atom. The van der Waals surface area contributed by atoms with Gasteiger partial charge >= 0.3 is 0 Å². The topological polar surface area (TPSA) is 60.7 Å². The van der Waals surface area contributed by atoms with E-state index in [0.29, 0.717) is 12.1 Å². The average molecular weight is 379 g/mol. The van der Waals surface area contributed by atoms with Gasteiger partial charge in [-0.25, -0.2) is 0 Å². The van der Waals surface area contributed by atoms with Crippen molar-refractivity contribution in [3.8, 4) is 6.07 Å². The van der Waals surface area contributed by atoms with Crippen molar-refractivity contribution in [3.05, 3.63) is 71.4 Å². The van der Waals surface area contributed by atoms with Crippen LogP contribution in [0.3, 0.4) is 0 Å². The van der Waals surface area contributed by atoms with Crippen molar-refractivity contribution in [1.29, 1.82) is 5.26 Å². The molecule has 1 aromatic heterocycles. The van der Waals surface area contributed by atoms with Crippen molar-refractivity contribution >= 4 is 43.9 Å². The normalized spacial score (nSPS) is 10.2. The Kier molecular flexibility index (Phi) is 4.78. The van der Waals surface area contributed by atoms with Gasteiger partial charge < -0.3 is 10.6 Å². The number of rotatable bonds is 5. The molecule has 0 saturated carbocycles. The molecule has 5 heteroatoms. The fourth-order valence-corrected chi connectivity index (χ4v) is 2.82. The number of hydrogen-bond acceptors (Lipinski definition) is 4. The number of nitrogens with zero attached hydrogens (tertiary/aromatic N) is 2. The first-order valence-corrected chi connectivity index (χ1v) is 8.21. The second kappa shape index (κ2) is 7.16. The Bertz CT molecular complexity index is 944. The molecule has 4 nitrogen and oxygen atoms in total. The molecule has 0 aliphatic heterocycles. The van der Waals surface area contributed by atoms with E-state index in [0.717, 1.165) is 32.4 Å². The highest BCUT2D eigenvalue weighted by molar-refractivity contribution is 9.10. The fourth-order valence-electron chi connectivity index (χ4n) is 2.42. The minimum Gasteiger partial charge on any atom is -0.382 e.